The Morgan fingerprint density at radius 2 is 2.13 bits per heavy atom. The van der Waals surface area contributed by atoms with Crippen molar-refractivity contribution in [2.24, 2.45) is 0 Å². The molecule has 6 nitrogen and oxygen atoms in total. The summed E-state index contributed by atoms with van der Waals surface area (Å²) in [4.78, 5) is 28.8. The molecule has 0 unspecified atom stereocenters. The van der Waals surface area contributed by atoms with E-state index in [-0.39, 0.29) is 18.2 Å². The monoisotopic (exact) mass is 433 g/mol. The van der Waals surface area contributed by atoms with Crippen LogP contribution < -0.4 is 10.1 Å². The van der Waals surface area contributed by atoms with Gasteiger partial charge >= 0.3 is 0 Å². The molecule has 1 aliphatic rings. The second-order valence-corrected chi connectivity index (χ2v) is 7.73. The zero-order chi connectivity index (χ0) is 21.7. The number of methoxy groups -OCH3 is 1. The Morgan fingerprint density at radius 3 is 2.87 bits per heavy atom. The fourth-order valence-electron chi connectivity index (χ4n) is 3.50. The molecule has 0 saturated carbocycles. The molecule has 0 spiro atoms. The summed E-state index contributed by atoms with van der Waals surface area (Å²) in [5.41, 5.74) is 1.66. The normalized spacial score (nSPS) is 16.8. The molecule has 160 valence electrons. The third kappa shape index (κ3) is 5.49. The van der Waals surface area contributed by atoms with E-state index in [1.165, 1.54) is 12.1 Å². The summed E-state index contributed by atoms with van der Waals surface area (Å²) in [6.45, 7) is 1.84. The largest absolute Gasteiger partial charge is 0.497 e. The second-order valence-electron chi connectivity index (χ2n) is 7.32. The quantitative estimate of drug-likeness (QED) is 0.729. The van der Waals surface area contributed by atoms with Crippen molar-refractivity contribution < 1.29 is 18.7 Å². The van der Waals surface area contributed by atoms with E-state index in [9.17, 15) is 14.0 Å². The van der Waals surface area contributed by atoms with Gasteiger partial charge in [0.25, 0.3) is 0 Å². The van der Waals surface area contributed by atoms with E-state index in [2.05, 4.69) is 5.32 Å². The number of halogens is 2. The number of rotatable bonds is 7. The molecule has 1 aliphatic heterocycles. The van der Waals surface area contributed by atoms with E-state index < -0.39 is 11.9 Å². The maximum atomic E-state index is 13.3. The van der Waals surface area contributed by atoms with Crippen LogP contribution in [-0.4, -0.2) is 54.9 Å². The number of amides is 2. The van der Waals surface area contributed by atoms with Gasteiger partial charge in [-0.1, -0.05) is 29.8 Å². The Hall–Kier alpha value is -2.64. The van der Waals surface area contributed by atoms with Crippen molar-refractivity contribution in [2.45, 2.75) is 25.6 Å². The number of nitrogens with one attached hydrogen (secondary N) is 1. The molecule has 2 amide bonds. The van der Waals surface area contributed by atoms with Gasteiger partial charge in [0, 0.05) is 38.2 Å². The van der Waals surface area contributed by atoms with Crippen LogP contribution in [0.15, 0.2) is 42.5 Å². The van der Waals surface area contributed by atoms with Crippen LogP contribution in [0.2, 0.25) is 5.02 Å². The number of hydrogen-bond donors (Lipinski definition) is 1. The molecule has 0 bridgehead atoms. The predicted molar refractivity (Wildman–Crippen MR) is 113 cm³/mol. The van der Waals surface area contributed by atoms with Gasteiger partial charge in [-0.3, -0.25) is 14.5 Å². The molecule has 0 aromatic heterocycles. The Balaban J connectivity index is 1.67. The van der Waals surface area contributed by atoms with Crippen LogP contribution in [0.25, 0.3) is 0 Å². The molecule has 0 radical (unpaired) electrons. The number of hydrogen-bond acceptors (Lipinski definition) is 4. The van der Waals surface area contributed by atoms with E-state index in [0.29, 0.717) is 31.2 Å². The van der Waals surface area contributed by atoms with Gasteiger partial charge in [-0.05, 0) is 35.4 Å². The number of piperazine rings is 1. The molecule has 0 aliphatic carbocycles. The molecule has 1 N–H and O–H groups in total. The summed E-state index contributed by atoms with van der Waals surface area (Å²) < 4.78 is 18.6. The van der Waals surface area contributed by atoms with Gasteiger partial charge in [-0.15, -0.1) is 0 Å². The lowest BCUT2D eigenvalue weighted by atomic mass is 10.1. The number of benzene rings is 2. The van der Waals surface area contributed by atoms with Crippen LogP contribution in [0.5, 0.6) is 5.75 Å². The fraction of sp³-hybridized carbons (Fsp3) is 0.364. The minimum atomic E-state index is -0.611. The van der Waals surface area contributed by atoms with Gasteiger partial charge in [-0.2, -0.15) is 0 Å². The molecule has 8 heteroatoms. The number of carbonyl (C=O) groups excluding carboxylic acids is 2. The standard InChI is InChI=1S/C22H25ClFN3O3/c1-26(13-15-4-3-5-18(10-15)30-2)21(28)12-20-22(29)25-8-9-27(20)14-16-6-7-17(24)11-19(16)23/h3-7,10-11,20H,8-9,12-14H2,1-2H3,(H,25,29)/t20-/m1/s1. The zero-order valence-electron chi connectivity index (χ0n) is 17.0. The summed E-state index contributed by atoms with van der Waals surface area (Å²) in [6, 6.07) is 11.1. The van der Waals surface area contributed by atoms with Crippen molar-refractivity contribution in [1.29, 1.82) is 0 Å². The lowest BCUT2D eigenvalue weighted by molar-refractivity contribution is -0.138. The maximum absolute atomic E-state index is 13.3. The highest BCUT2D eigenvalue weighted by Crippen LogP contribution is 2.22. The zero-order valence-corrected chi connectivity index (χ0v) is 17.8. The molecule has 30 heavy (non-hydrogen) atoms. The van der Waals surface area contributed by atoms with Gasteiger partial charge in [-0.25, -0.2) is 4.39 Å². The summed E-state index contributed by atoms with van der Waals surface area (Å²) >= 11 is 6.15. The van der Waals surface area contributed by atoms with Crippen LogP contribution >= 0.6 is 11.6 Å². The van der Waals surface area contributed by atoms with Crippen molar-refractivity contribution in [3.05, 3.63) is 64.4 Å². The number of ether oxygens (including phenoxy) is 1. The first-order chi connectivity index (χ1) is 14.4. The molecular weight excluding hydrogens is 409 g/mol. The van der Waals surface area contributed by atoms with E-state index >= 15 is 0 Å². The topological polar surface area (TPSA) is 61.9 Å². The van der Waals surface area contributed by atoms with E-state index in [1.807, 2.05) is 29.2 Å². The van der Waals surface area contributed by atoms with Crippen LogP contribution in [0.3, 0.4) is 0 Å². The Bertz CT molecular complexity index is 924. The smallest absolute Gasteiger partial charge is 0.237 e. The highest BCUT2D eigenvalue weighted by atomic mass is 35.5. The third-order valence-electron chi connectivity index (χ3n) is 5.18. The molecule has 2 aromatic carbocycles. The fourth-order valence-corrected chi connectivity index (χ4v) is 3.72. The van der Waals surface area contributed by atoms with Crippen molar-refractivity contribution >= 4 is 23.4 Å². The molecule has 3 rings (SSSR count). The van der Waals surface area contributed by atoms with Crippen LogP contribution in [0.4, 0.5) is 4.39 Å². The molecule has 1 heterocycles. The Morgan fingerprint density at radius 1 is 1.33 bits per heavy atom. The minimum absolute atomic E-state index is 0.0467. The maximum Gasteiger partial charge on any atom is 0.237 e. The van der Waals surface area contributed by atoms with Crippen molar-refractivity contribution in [1.82, 2.24) is 15.1 Å². The van der Waals surface area contributed by atoms with E-state index in [4.69, 9.17) is 16.3 Å². The molecular formula is C22H25ClFN3O3. The van der Waals surface area contributed by atoms with Crippen molar-refractivity contribution in [3.63, 3.8) is 0 Å². The van der Waals surface area contributed by atoms with E-state index in [1.54, 1.807) is 25.1 Å². The number of carbonyl (C=O) groups is 2. The summed E-state index contributed by atoms with van der Waals surface area (Å²) in [7, 11) is 3.31. The lowest BCUT2D eigenvalue weighted by Gasteiger charge is -2.35. The van der Waals surface area contributed by atoms with Crippen LogP contribution in [-0.2, 0) is 22.7 Å². The number of nitrogens with zero attached hydrogens (tertiary/aromatic N) is 2. The molecule has 1 fully saturated rings. The van der Waals surface area contributed by atoms with Gasteiger partial charge in [0.1, 0.15) is 11.6 Å². The lowest BCUT2D eigenvalue weighted by Crippen LogP contribution is -2.56. The van der Waals surface area contributed by atoms with Crippen molar-refractivity contribution in [2.75, 3.05) is 27.2 Å². The predicted octanol–water partition coefficient (Wildman–Crippen LogP) is 2.84. The molecule has 1 saturated heterocycles. The summed E-state index contributed by atoms with van der Waals surface area (Å²) in [5.74, 6) is -0.0221. The Kier molecular flexibility index (Phi) is 7.29. The van der Waals surface area contributed by atoms with Gasteiger partial charge in [0.15, 0.2) is 0 Å². The summed E-state index contributed by atoms with van der Waals surface area (Å²) in [5, 5.41) is 3.13. The van der Waals surface area contributed by atoms with Gasteiger partial charge in [0.2, 0.25) is 11.8 Å². The average Bonchev–Trinajstić information content (AvgIpc) is 2.72. The third-order valence-corrected chi connectivity index (χ3v) is 5.53. The van der Waals surface area contributed by atoms with Gasteiger partial charge in [0.05, 0.1) is 19.6 Å². The SMILES string of the molecule is COc1cccc(CN(C)C(=O)C[C@@H]2C(=O)NCCN2Cc2ccc(F)cc2Cl)c1. The van der Waals surface area contributed by atoms with Crippen molar-refractivity contribution in [3.8, 4) is 5.75 Å². The van der Waals surface area contributed by atoms with Crippen LogP contribution in [0, 0.1) is 5.82 Å². The first kappa shape index (κ1) is 22.1. The Labute approximate surface area is 180 Å². The van der Waals surface area contributed by atoms with E-state index in [0.717, 1.165) is 16.9 Å². The first-order valence-electron chi connectivity index (χ1n) is 9.70. The van der Waals surface area contributed by atoms with Gasteiger partial charge < -0.3 is 15.0 Å². The van der Waals surface area contributed by atoms with Crippen LogP contribution in [0.1, 0.15) is 17.5 Å². The second kappa shape index (κ2) is 9.91. The highest BCUT2D eigenvalue weighted by molar-refractivity contribution is 6.31. The first-order valence-corrected chi connectivity index (χ1v) is 10.1. The average molecular weight is 434 g/mol. The molecule has 2 aromatic rings. The highest BCUT2D eigenvalue weighted by Gasteiger charge is 2.32. The molecule has 1 atom stereocenters. The summed E-state index contributed by atoms with van der Waals surface area (Å²) in [6.07, 6.45) is 0.0467. The minimum Gasteiger partial charge on any atom is -0.497 e.